The van der Waals surface area contributed by atoms with E-state index < -0.39 is 0 Å². The molecule has 8 nitrogen and oxygen atoms in total. The summed E-state index contributed by atoms with van der Waals surface area (Å²) in [6, 6.07) is 8.73. The highest BCUT2D eigenvalue weighted by Crippen LogP contribution is 2.21. The van der Waals surface area contributed by atoms with E-state index in [4.69, 9.17) is 0 Å². The maximum atomic E-state index is 4.57. The minimum Gasteiger partial charge on any atom is -0.388 e. The van der Waals surface area contributed by atoms with Crippen molar-refractivity contribution >= 4 is 24.8 Å². The number of nitrogens with one attached hydrogen (secondary N) is 2. The standard InChI is InChI=1S/C28H40N8/c1-6-14-35(4)16-13-31-21-26(30-3)24-17-33-28(34-18-24)23-11-9-22(10-12-23)27(20-29-2)32-19-25-8-7-15-36(25)5/h9-12,17-18,20-21,25,31-32H,2-3,6-8,13-16,19H2,1,4-5H3/b26-21-,27-20-/t25-/m0/s1. The Hall–Kier alpha value is -3.36. The normalized spacial score (nSPS) is 16.8. The zero-order chi connectivity index (χ0) is 25.8. The molecule has 2 aromatic rings. The zero-order valence-electron chi connectivity index (χ0n) is 22.0. The SMILES string of the molecule is C=N/C=C(\NC[C@@H]1CCCN1C)c1ccc(-c2ncc(/C(=C/NCCN(C)CCC)N=C)cn2)cc1. The van der Waals surface area contributed by atoms with Crippen LogP contribution in [0.15, 0.2) is 59.0 Å². The Morgan fingerprint density at radius 1 is 1.17 bits per heavy atom. The first-order valence-electron chi connectivity index (χ1n) is 12.7. The molecule has 0 radical (unpaired) electrons. The average molecular weight is 489 g/mol. The van der Waals surface area contributed by atoms with E-state index in [0.717, 1.165) is 67.2 Å². The number of rotatable bonds is 14. The van der Waals surface area contributed by atoms with Gasteiger partial charge in [0.2, 0.25) is 0 Å². The number of hydrogen-bond donors (Lipinski definition) is 2. The molecule has 1 aliphatic rings. The Morgan fingerprint density at radius 3 is 2.53 bits per heavy atom. The minimum atomic E-state index is 0.547. The Morgan fingerprint density at radius 2 is 1.92 bits per heavy atom. The van der Waals surface area contributed by atoms with Crippen molar-refractivity contribution in [2.24, 2.45) is 9.98 Å². The quantitative estimate of drug-likeness (QED) is 0.311. The summed E-state index contributed by atoms with van der Waals surface area (Å²) in [5.74, 6) is 0.663. The third-order valence-corrected chi connectivity index (χ3v) is 6.47. The summed E-state index contributed by atoms with van der Waals surface area (Å²) in [5, 5.41) is 6.86. The molecule has 2 N–H and O–H groups in total. The summed E-state index contributed by atoms with van der Waals surface area (Å²) in [5.41, 5.74) is 4.51. The number of aliphatic imine (C=N–C) groups is 2. The number of hydrogen-bond acceptors (Lipinski definition) is 8. The molecular weight excluding hydrogens is 448 g/mol. The zero-order valence-corrected chi connectivity index (χ0v) is 22.0. The van der Waals surface area contributed by atoms with Gasteiger partial charge in [-0.3, -0.25) is 9.98 Å². The van der Waals surface area contributed by atoms with Crippen molar-refractivity contribution in [3.8, 4) is 11.4 Å². The van der Waals surface area contributed by atoms with Crippen LogP contribution < -0.4 is 10.6 Å². The van der Waals surface area contributed by atoms with Crippen LogP contribution in [0.3, 0.4) is 0 Å². The molecule has 1 aromatic heterocycles. The topological polar surface area (TPSA) is 81.0 Å². The Bertz CT molecular complexity index is 1030. The molecule has 0 amide bonds. The van der Waals surface area contributed by atoms with Crippen molar-refractivity contribution in [3.63, 3.8) is 0 Å². The number of likely N-dealkylation sites (tertiary alicyclic amines) is 1. The van der Waals surface area contributed by atoms with Gasteiger partial charge in [-0.1, -0.05) is 31.2 Å². The minimum absolute atomic E-state index is 0.547. The van der Waals surface area contributed by atoms with Gasteiger partial charge in [-0.05, 0) is 65.4 Å². The number of nitrogens with zero attached hydrogens (tertiary/aromatic N) is 6. The fraction of sp³-hybridized carbons (Fsp3) is 0.429. The van der Waals surface area contributed by atoms with E-state index >= 15 is 0 Å². The Kier molecular flexibility index (Phi) is 10.8. The lowest BCUT2D eigenvalue weighted by Gasteiger charge is -2.21. The maximum absolute atomic E-state index is 4.57. The molecule has 1 saturated heterocycles. The summed E-state index contributed by atoms with van der Waals surface area (Å²) >= 11 is 0. The summed E-state index contributed by atoms with van der Waals surface area (Å²) in [7, 11) is 4.31. The molecule has 2 heterocycles. The second-order valence-corrected chi connectivity index (χ2v) is 9.20. The summed E-state index contributed by atoms with van der Waals surface area (Å²) in [6.07, 6.45) is 10.8. The molecule has 0 spiro atoms. The lowest BCUT2D eigenvalue weighted by atomic mass is 10.1. The second-order valence-electron chi connectivity index (χ2n) is 9.20. The van der Waals surface area contributed by atoms with Crippen LogP contribution in [0, 0.1) is 0 Å². The first-order chi connectivity index (χ1) is 17.5. The van der Waals surface area contributed by atoms with E-state index in [2.05, 4.69) is 87.0 Å². The van der Waals surface area contributed by atoms with E-state index in [1.165, 1.54) is 12.8 Å². The second kappa shape index (κ2) is 14.3. The summed E-state index contributed by atoms with van der Waals surface area (Å²) in [6.45, 7) is 14.5. The predicted octanol–water partition coefficient (Wildman–Crippen LogP) is 3.76. The van der Waals surface area contributed by atoms with Crippen molar-refractivity contribution < 1.29 is 0 Å². The van der Waals surface area contributed by atoms with E-state index in [9.17, 15) is 0 Å². The monoisotopic (exact) mass is 488 g/mol. The van der Waals surface area contributed by atoms with Crippen LogP contribution >= 0.6 is 0 Å². The molecule has 3 rings (SSSR count). The molecule has 0 aliphatic carbocycles. The number of benzene rings is 1. The van der Waals surface area contributed by atoms with Crippen LogP contribution in [-0.2, 0) is 0 Å². The highest BCUT2D eigenvalue weighted by Gasteiger charge is 2.20. The van der Waals surface area contributed by atoms with Crippen LogP contribution in [0.25, 0.3) is 22.8 Å². The molecule has 192 valence electrons. The summed E-state index contributed by atoms with van der Waals surface area (Å²) in [4.78, 5) is 22.0. The van der Waals surface area contributed by atoms with Gasteiger partial charge in [0, 0.05) is 61.6 Å². The molecule has 8 heteroatoms. The first kappa shape index (κ1) is 27.2. The van der Waals surface area contributed by atoms with Crippen LogP contribution in [0.2, 0.25) is 0 Å². The highest BCUT2D eigenvalue weighted by molar-refractivity contribution is 5.69. The molecule has 1 atom stereocenters. The fourth-order valence-electron chi connectivity index (χ4n) is 4.32. The molecule has 0 unspecified atom stereocenters. The maximum Gasteiger partial charge on any atom is 0.159 e. The van der Waals surface area contributed by atoms with Crippen LogP contribution in [0.4, 0.5) is 0 Å². The Balaban J connectivity index is 1.62. The van der Waals surface area contributed by atoms with Gasteiger partial charge < -0.3 is 20.4 Å². The van der Waals surface area contributed by atoms with Crippen LogP contribution in [-0.4, -0.2) is 86.1 Å². The molecule has 1 fully saturated rings. The van der Waals surface area contributed by atoms with Crippen LogP contribution in [0.1, 0.15) is 37.3 Å². The van der Waals surface area contributed by atoms with E-state index in [1.54, 1.807) is 18.6 Å². The van der Waals surface area contributed by atoms with E-state index in [-0.39, 0.29) is 0 Å². The van der Waals surface area contributed by atoms with Crippen molar-refractivity contribution in [2.75, 3.05) is 46.8 Å². The van der Waals surface area contributed by atoms with Gasteiger partial charge in [0.1, 0.15) is 0 Å². The highest BCUT2D eigenvalue weighted by atomic mass is 15.2. The van der Waals surface area contributed by atoms with Gasteiger partial charge in [0.25, 0.3) is 0 Å². The molecule has 0 bridgehead atoms. The van der Waals surface area contributed by atoms with Gasteiger partial charge in [-0.15, -0.1) is 0 Å². The van der Waals surface area contributed by atoms with Gasteiger partial charge >= 0.3 is 0 Å². The van der Waals surface area contributed by atoms with Crippen molar-refractivity contribution in [2.45, 2.75) is 32.2 Å². The largest absolute Gasteiger partial charge is 0.388 e. The third kappa shape index (κ3) is 7.83. The van der Waals surface area contributed by atoms with Gasteiger partial charge in [0.15, 0.2) is 5.82 Å². The third-order valence-electron chi connectivity index (χ3n) is 6.47. The number of likely N-dealkylation sites (N-methyl/N-ethyl adjacent to an activating group) is 2. The molecular formula is C28H40N8. The first-order valence-corrected chi connectivity index (χ1v) is 12.7. The van der Waals surface area contributed by atoms with Crippen molar-refractivity contribution in [3.05, 3.63) is 60.2 Å². The smallest absolute Gasteiger partial charge is 0.159 e. The van der Waals surface area contributed by atoms with Gasteiger partial charge in [-0.25, -0.2) is 9.97 Å². The Labute approximate surface area is 216 Å². The van der Waals surface area contributed by atoms with Gasteiger partial charge in [0.05, 0.1) is 11.4 Å². The molecule has 36 heavy (non-hydrogen) atoms. The molecule has 0 saturated carbocycles. The fourth-order valence-corrected chi connectivity index (χ4v) is 4.32. The van der Waals surface area contributed by atoms with Crippen LogP contribution in [0.5, 0.6) is 0 Å². The summed E-state index contributed by atoms with van der Waals surface area (Å²) < 4.78 is 0. The lowest BCUT2D eigenvalue weighted by Crippen LogP contribution is -2.34. The van der Waals surface area contributed by atoms with Crippen molar-refractivity contribution in [1.82, 2.24) is 30.4 Å². The van der Waals surface area contributed by atoms with Crippen molar-refractivity contribution in [1.29, 1.82) is 0 Å². The predicted molar refractivity (Wildman–Crippen MR) is 152 cm³/mol. The van der Waals surface area contributed by atoms with E-state index in [0.29, 0.717) is 11.9 Å². The van der Waals surface area contributed by atoms with E-state index in [1.807, 2.05) is 18.3 Å². The lowest BCUT2D eigenvalue weighted by molar-refractivity contribution is 0.309. The molecule has 1 aliphatic heterocycles. The average Bonchev–Trinajstić information content (AvgIpc) is 3.31. The number of aromatic nitrogens is 2. The van der Waals surface area contributed by atoms with Gasteiger partial charge in [-0.2, -0.15) is 0 Å². The molecule has 1 aromatic carbocycles.